The van der Waals surface area contributed by atoms with Crippen LogP contribution in [0.25, 0.3) is 0 Å². The summed E-state index contributed by atoms with van der Waals surface area (Å²) in [5, 5.41) is 0.162. The molecule has 0 fully saturated rings. The normalized spacial score (nSPS) is 16.1. The van der Waals surface area contributed by atoms with Crippen molar-refractivity contribution in [2.45, 2.75) is 31.6 Å². The Morgan fingerprint density at radius 3 is 1.75 bits per heavy atom. The van der Waals surface area contributed by atoms with Gasteiger partial charge in [-0.1, -0.05) is 23.2 Å². The number of methoxy groups -OCH3 is 1. The van der Waals surface area contributed by atoms with E-state index in [1.54, 1.807) is 19.6 Å². The highest BCUT2D eigenvalue weighted by atomic mass is 35.5. The second kappa shape index (κ2) is 5.85. The van der Waals surface area contributed by atoms with Crippen molar-refractivity contribution in [3.05, 3.63) is 33.8 Å². The third kappa shape index (κ3) is 3.89. The summed E-state index contributed by atoms with van der Waals surface area (Å²) in [6, 6.07) is 3.63. The second-order valence-electron chi connectivity index (χ2n) is 5.19. The molecule has 0 saturated heterocycles. The first-order chi connectivity index (χ1) is 8.91. The largest absolute Gasteiger partial charge is 0.447 e. The van der Waals surface area contributed by atoms with Crippen LogP contribution in [0.15, 0.2) is 18.2 Å². The lowest BCUT2D eigenvalue weighted by molar-refractivity contribution is -0.358. The second-order valence-corrected chi connectivity index (χ2v) is 10.5. The zero-order valence-corrected chi connectivity index (χ0v) is 14.0. The Labute approximate surface area is 126 Å². The van der Waals surface area contributed by atoms with Gasteiger partial charge in [-0.05, 0) is 37.8 Å². The van der Waals surface area contributed by atoms with Crippen LogP contribution in [0.1, 0.15) is 5.56 Å². The molecule has 0 aliphatic heterocycles. The third-order valence-corrected chi connectivity index (χ3v) is 3.69. The van der Waals surface area contributed by atoms with E-state index in [9.17, 15) is 13.2 Å². The zero-order chi connectivity index (χ0) is 15.8. The maximum Gasteiger partial charge on any atom is 0.447 e. The van der Waals surface area contributed by atoms with Crippen LogP contribution < -0.4 is 0 Å². The summed E-state index contributed by atoms with van der Waals surface area (Å²) in [5.74, 6) is -2.87. The maximum atomic E-state index is 13.5. The fourth-order valence-electron chi connectivity index (χ4n) is 1.73. The molecule has 2 nitrogen and oxygen atoms in total. The number of hydrogen-bond acceptors (Lipinski definition) is 2. The fourth-order valence-corrected chi connectivity index (χ4v) is 3.44. The van der Waals surface area contributed by atoms with E-state index >= 15 is 0 Å². The molecule has 0 N–H and O–H groups in total. The molecule has 1 aromatic rings. The first kappa shape index (κ1) is 17.8. The predicted octanol–water partition coefficient (Wildman–Crippen LogP) is 5.21. The Morgan fingerprint density at radius 2 is 1.45 bits per heavy atom. The van der Waals surface area contributed by atoms with Crippen LogP contribution in [0, 0.1) is 0 Å². The molecule has 0 aliphatic rings. The summed E-state index contributed by atoms with van der Waals surface area (Å²) in [4.78, 5) is 0. The SMILES string of the molecule is COC(O[Si](C)(C)C)(c1cc(Cl)cc(Cl)c1)C(F)(F)F. The molecule has 0 amide bonds. The Kier molecular flexibility index (Phi) is 5.20. The number of ether oxygens (including phenoxy) is 1. The highest BCUT2D eigenvalue weighted by molar-refractivity contribution is 6.69. The fraction of sp³-hybridized carbons (Fsp3) is 0.500. The summed E-state index contributed by atoms with van der Waals surface area (Å²) in [6.45, 7) is 4.91. The van der Waals surface area contributed by atoms with E-state index in [-0.39, 0.29) is 15.6 Å². The van der Waals surface area contributed by atoms with E-state index in [1.807, 2.05) is 0 Å². The number of halogens is 5. The van der Waals surface area contributed by atoms with Gasteiger partial charge in [0.25, 0.3) is 5.79 Å². The number of alkyl halides is 3. The Bertz CT molecular complexity index is 468. The maximum absolute atomic E-state index is 13.5. The van der Waals surface area contributed by atoms with E-state index in [0.29, 0.717) is 0 Å². The van der Waals surface area contributed by atoms with E-state index in [1.165, 1.54) is 6.07 Å². The van der Waals surface area contributed by atoms with Gasteiger partial charge >= 0.3 is 6.18 Å². The minimum atomic E-state index is -4.77. The van der Waals surface area contributed by atoms with Crippen LogP contribution in [0.2, 0.25) is 29.7 Å². The Hall–Kier alpha value is -0.273. The lowest BCUT2D eigenvalue weighted by Gasteiger charge is -2.39. The Morgan fingerprint density at radius 1 is 1.00 bits per heavy atom. The van der Waals surface area contributed by atoms with Crippen molar-refractivity contribution in [1.82, 2.24) is 0 Å². The van der Waals surface area contributed by atoms with Crippen LogP contribution in [-0.4, -0.2) is 21.6 Å². The number of rotatable bonds is 4. The predicted molar refractivity (Wildman–Crippen MR) is 75.6 cm³/mol. The quantitative estimate of drug-likeness (QED) is 0.550. The lowest BCUT2D eigenvalue weighted by Crippen LogP contribution is -2.52. The standard InChI is InChI=1S/C12H15Cl2F3O2Si/c1-18-11(12(15,16)17,19-20(2,3)4)8-5-9(13)7-10(14)6-8/h5-7H,1-4H3. The van der Waals surface area contributed by atoms with E-state index in [0.717, 1.165) is 19.2 Å². The molecule has 0 aliphatic carbocycles. The van der Waals surface area contributed by atoms with Crippen molar-refractivity contribution < 1.29 is 22.3 Å². The van der Waals surface area contributed by atoms with Gasteiger partial charge in [0.2, 0.25) is 0 Å². The van der Waals surface area contributed by atoms with Crippen molar-refractivity contribution >= 4 is 31.5 Å². The molecule has 20 heavy (non-hydrogen) atoms. The topological polar surface area (TPSA) is 18.5 Å². The number of hydrogen-bond donors (Lipinski definition) is 0. The monoisotopic (exact) mass is 346 g/mol. The molecular weight excluding hydrogens is 332 g/mol. The molecule has 0 spiro atoms. The molecular formula is C12H15Cl2F3O2Si. The van der Waals surface area contributed by atoms with Gasteiger partial charge in [0.1, 0.15) is 0 Å². The molecule has 0 heterocycles. The van der Waals surface area contributed by atoms with Crippen molar-refractivity contribution in [3.8, 4) is 0 Å². The van der Waals surface area contributed by atoms with Gasteiger partial charge in [-0.3, -0.25) is 0 Å². The highest BCUT2D eigenvalue weighted by Gasteiger charge is 2.60. The lowest BCUT2D eigenvalue weighted by atomic mass is 10.1. The van der Waals surface area contributed by atoms with Gasteiger partial charge in [0.05, 0.1) is 0 Å². The van der Waals surface area contributed by atoms with E-state index in [4.69, 9.17) is 32.4 Å². The molecule has 1 aromatic carbocycles. The van der Waals surface area contributed by atoms with Gasteiger partial charge in [0, 0.05) is 22.7 Å². The van der Waals surface area contributed by atoms with Crippen LogP contribution >= 0.6 is 23.2 Å². The van der Waals surface area contributed by atoms with Crippen molar-refractivity contribution in [1.29, 1.82) is 0 Å². The third-order valence-electron chi connectivity index (χ3n) is 2.35. The number of benzene rings is 1. The first-order valence-electron chi connectivity index (χ1n) is 5.70. The Balaban J connectivity index is 3.51. The highest BCUT2D eigenvalue weighted by Crippen LogP contribution is 2.45. The van der Waals surface area contributed by atoms with E-state index < -0.39 is 20.3 Å². The minimum absolute atomic E-state index is 0.0809. The molecule has 1 rings (SSSR count). The van der Waals surface area contributed by atoms with Gasteiger partial charge in [0.15, 0.2) is 8.32 Å². The van der Waals surface area contributed by atoms with Crippen LogP contribution in [0.5, 0.6) is 0 Å². The summed E-state index contributed by atoms with van der Waals surface area (Å²) in [5.41, 5.74) is -0.271. The smallest absolute Gasteiger partial charge is 0.380 e. The van der Waals surface area contributed by atoms with Crippen molar-refractivity contribution in [2.75, 3.05) is 7.11 Å². The van der Waals surface area contributed by atoms with E-state index in [2.05, 4.69) is 0 Å². The molecule has 8 heteroatoms. The zero-order valence-electron chi connectivity index (χ0n) is 11.4. The molecule has 0 saturated carbocycles. The molecule has 0 bridgehead atoms. The average molecular weight is 347 g/mol. The first-order valence-corrected chi connectivity index (χ1v) is 9.86. The summed E-state index contributed by atoms with van der Waals surface area (Å²) in [6.07, 6.45) is -4.77. The van der Waals surface area contributed by atoms with Crippen LogP contribution in [0.4, 0.5) is 13.2 Å². The van der Waals surface area contributed by atoms with Crippen LogP contribution in [0.3, 0.4) is 0 Å². The summed E-state index contributed by atoms with van der Waals surface area (Å²) in [7, 11) is -1.63. The molecule has 0 aromatic heterocycles. The minimum Gasteiger partial charge on any atom is -0.380 e. The van der Waals surface area contributed by atoms with Gasteiger partial charge in [-0.25, -0.2) is 0 Å². The van der Waals surface area contributed by atoms with Crippen LogP contribution in [-0.2, 0) is 14.9 Å². The van der Waals surface area contributed by atoms with Gasteiger partial charge < -0.3 is 9.16 Å². The summed E-state index contributed by atoms with van der Waals surface area (Å²) < 4.78 is 50.7. The summed E-state index contributed by atoms with van der Waals surface area (Å²) >= 11 is 11.6. The average Bonchev–Trinajstić information content (AvgIpc) is 2.21. The molecule has 1 unspecified atom stereocenters. The van der Waals surface area contributed by atoms with Crippen molar-refractivity contribution in [3.63, 3.8) is 0 Å². The van der Waals surface area contributed by atoms with Gasteiger partial charge in [-0.15, -0.1) is 0 Å². The molecule has 114 valence electrons. The molecule has 0 radical (unpaired) electrons. The molecule has 1 atom stereocenters. The van der Waals surface area contributed by atoms with Gasteiger partial charge in [-0.2, -0.15) is 13.2 Å². The van der Waals surface area contributed by atoms with Crippen molar-refractivity contribution in [2.24, 2.45) is 0 Å².